The Labute approximate surface area is 280 Å². The maximum absolute atomic E-state index is 14.2. The van der Waals surface area contributed by atoms with Gasteiger partial charge in [-0.3, -0.25) is 24.0 Å². The van der Waals surface area contributed by atoms with Gasteiger partial charge in [0, 0.05) is 13.1 Å². The number of ketones is 1. The highest BCUT2D eigenvalue weighted by Crippen LogP contribution is 2.65. The molecule has 4 amide bonds. The molecule has 5 atom stereocenters. The highest BCUT2D eigenvalue weighted by Gasteiger charge is 2.70. The Kier molecular flexibility index (Phi) is 11.9. The van der Waals surface area contributed by atoms with Crippen LogP contribution in [0.5, 0.6) is 0 Å². The zero-order chi connectivity index (χ0) is 36.4. The van der Waals surface area contributed by atoms with Crippen molar-refractivity contribution in [3.8, 4) is 0 Å². The van der Waals surface area contributed by atoms with Gasteiger partial charge in [0.1, 0.15) is 29.3 Å². The van der Waals surface area contributed by atoms with Crippen molar-refractivity contribution in [2.24, 2.45) is 23.2 Å². The summed E-state index contributed by atoms with van der Waals surface area (Å²) >= 11 is 0. The first-order valence-corrected chi connectivity index (χ1v) is 16.6. The van der Waals surface area contributed by atoms with Crippen molar-refractivity contribution in [1.29, 1.82) is 0 Å². The molecule has 0 aromatic rings. The molecule has 0 aromatic carbocycles. The highest BCUT2D eigenvalue weighted by atomic mass is 19.4. The number of esters is 1. The molecule has 272 valence electrons. The van der Waals surface area contributed by atoms with Crippen molar-refractivity contribution in [2.75, 3.05) is 13.1 Å². The quantitative estimate of drug-likeness (QED) is 0.218. The van der Waals surface area contributed by atoms with Crippen molar-refractivity contribution in [1.82, 2.24) is 20.9 Å². The van der Waals surface area contributed by atoms with Crippen molar-refractivity contribution in [3.63, 3.8) is 0 Å². The SMILES string of the molecule is CC(C)(C)OC(=O)CCNC(=O)C(=O)C(CC(F)(F)F)NC(=O)[C@@H]1[C@@H]2C(CN1C(=O)[C@@H](NC(=O)OC(C)(C)C)C1CCCCC1)C2(C)C. The van der Waals surface area contributed by atoms with Crippen LogP contribution in [0.3, 0.4) is 0 Å². The van der Waals surface area contributed by atoms with Gasteiger partial charge >= 0.3 is 18.2 Å². The Morgan fingerprint density at radius 3 is 2.00 bits per heavy atom. The Hall–Kier alpha value is -3.39. The monoisotopic (exact) mass is 688 g/mol. The first-order valence-electron chi connectivity index (χ1n) is 16.6. The molecule has 2 saturated carbocycles. The van der Waals surface area contributed by atoms with E-state index in [2.05, 4.69) is 16.0 Å². The fraction of sp³-hybridized carbons (Fsp3) is 0.818. The molecule has 12 nitrogen and oxygen atoms in total. The standard InChI is InChI=1S/C33H51F3N4O8/c1-30(2,3)47-21(41)14-15-37-27(44)25(42)20(16-33(34,35)36)38-26(43)24-22-19(32(22,7)8)17-40(24)28(45)23(18-12-10-9-11-13-18)39-29(46)48-31(4,5)6/h18-20,22-24H,9-17H2,1-8H3,(H,37,44)(H,38,43)(H,39,46)/t19?,20?,22-,23-,24-/m0/s1. The summed E-state index contributed by atoms with van der Waals surface area (Å²) in [6.45, 7) is 13.5. The van der Waals surface area contributed by atoms with E-state index in [4.69, 9.17) is 9.47 Å². The van der Waals surface area contributed by atoms with Crippen molar-refractivity contribution < 1.29 is 51.4 Å². The minimum atomic E-state index is -4.93. The van der Waals surface area contributed by atoms with Crippen LogP contribution in [0.15, 0.2) is 0 Å². The topological polar surface area (TPSA) is 160 Å². The van der Waals surface area contributed by atoms with Gasteiger partial charge in [0.2, 0.25) is 17.6 Å². The third-order valence-electron chi connectivity index (χ3n) is 9.15. The summed E-state index contributed by atoms with van der Waals surface area (Å²) in [6, 6.07) is -4.53. The smallest absolute Gasteiger partial charge is 0.408 e. The number of amides is 4. The zero-order valence-electron chi connectivity index (χ0n) is 29.2. The van der Waals surface area contributed by atoms with Gasteiger partial charge in [0.15, 0.2) is 0 Å². The number of carbonyl (C=O) groups excluding carboxylic acids is 6. The number of hydrogen-bond donors (Lipinski definition) is 3. The molecule has 15 heteroatoms. The minimum Gasteiger partial charge on any atom is -0.460 e. The number of fused-ring (bicyclic) bond motifs is 1. The highest BCUT2D eigenvalue weighted by molar-refractivity contribution is 6.38. The van der Waals surface area contributed by atoms with Crippen LogP contribution in [-0.4, -0.2) is 89.1 Å². The van der Waals surface area contributed by atoms with E-state index < -0.39 is 88.8 Å². The summed E-state index contributed by atoms with van der Waals surface area (Å²) in [5.74, 6) is -5.97. The number of carbonyl (C=O) groups is 6. The number of piperidine rings is 1. The number of alkyl carbamates (subject to hydrolysis) is 1. The van der Waals surface area contributed by atoms with Crippen LogP contribution >= 0.6 is 0 Å². The lowest BCUT2D eigenvalue weighted by Crippen LogP contribution is -2.60. The number of hydrogen-bond acceptors (Lipinski definition) is 8. The summed E-state index contributed by atoms with van der Waals surface area (Å²) < 4.78 is 51.4. The molecular weight excluding hydrogens is 637 g/mol. The van der Waals surface area contributed by atoms with E-state index in [9.17, 15) is 41.9 Å². The molecule has 2 unspecified atom stereocenters. The van der Waals surface area contributed by atoms with E-state index in [1.165, 1.54) is 4.90 Å². The molecular formula is C33H51F3N4O8. The summed E-state index contributed by atoms with van der Waals surface area (Å²) in [7, 11) is 0. The lowest BCUT2D eigenvalue weighted by molar-refractivity contribution is -0.155. The lowest BCUT2D eigenvalue weighted by atomic mass is 9.83. The molecule has 2 aliphatic carbocycles. The van der Waals surface area contributed by atoms with Gasteiger partial charge in [0.25, 0.3) is 5.91 Å². The largest absolute Gasteiger partial charge is 0.460 e. The van der Waals surface area contributed by atoms with Crippen LogP contribution in [0.25, 0.3) is 0 Å². The van der Waals surface area contributed by atoms with E-state index in [1.54, 1.807) is 41.5 Å². The average Bonchev–Trinajstić information content (AvgIpc) is 3.24. The average molecular weight is 689 g/mol. The third-order valence-corrected chi connectivity index (χ3v) is 9.15. The van der Waals surface area contributed by atoms with E-state index in [0.29, 0.717) is 12.8 Å². The molecule has 0 spiro atoms. The first-order chi connectivity index (χ1) is 21.9. The second-order valence-electron chi connectivity index (χ2n) is 15.7. The number of Topliss-reactive ketones (excluding diaryl/α,β-unsaturated/α-hetero) is 1. The molecule has 3 fully saturated rings. The summed E-state index contributed by atoms with van der Waals surface area (Å²) in [4.78, 5) is 79.6. The van der Waals surface area contributed by atoms with Crippen LogP contribution in [0.2, 0.25) is 0 Å². The van der Waals surface area contributed by atoms with Gasteiger partial charge < -0.3 is 30.3 Å². The minimum absolute atomic E-state index is 0.136. The number of rotatable bonds is 11. The molecule has 0 radical (unpaired) electrons. The second-order valence-corrected chi connectivity index (χ2v) is 15.7. The maximum atomic E-state index is 14.2. The Bertz CT molecular complexity index is 1250. The van der Waals surface area contributed by atoms with Crippen LogP contribution in [0.4, 0.5) is 18.0 Å². The van der Waals surface area contributed by atoms with Crippen LogP contribution in [0.1, 0.15) is 100 Å². The normalized spacial score (nSPS) is 23.6. The van der Waals surface area contributed by atoms with Gasteiger partial charge in [-0.05, 0) is 77.6 Å². The molecule has 3 rings (SSSR count). The molecule has 3 N–H and O–H groups in total. The summed E-state index contributed by atoms with van der Waals surface area (Å²) in [5, 5.41) is 6.96. The van der Waals surface area contributed by atoms with E-state index in [-0.39, 0.29) is 31.3 Å². The van der Waals surface area contributed by atoms with E-state index in [0.717, 1.165) is 19.3 Å². The number of nitrogens with zero attached hydrogens (tertiary/aromatic N) is 1. The summed E-state index contributed by atoms with van der Waals surface area (Å²) in [5.41, 5.74) is -2.06. The third kappa shape index (κ3) is 10.6. The van der Waals surface area contributed by atoms with Gasteiger partial charge in [-0.1, -0.05) is 33.1 Å². The molecule has 1 aliphatic heterocycles. The fourth-order valence-electron chi connectivity index (χ4n) is 6.89. The van der Waals surface area contributed by atoms with E-state index in [1.807, 2.05) is 13.8 Å². The predicted molar refractivity (Wildman–Crippen MR) is 167 cm³/mol. The van der Waals surface area contributed by atoms with Crippen molar-refractivity contribution in [3.05, 3.63) is 0 Å². The van der Waals surface area contributed by atoms with Crippen molar-refractivity contribution in [2.45, 2.75) is 136 Å². The predicted octanol–water partition coefficient (Wildman–Crippen LogP) is 3.80. The zero-order valence-corrected chi connectivity index (χ0v) is 29.2. The van der Waals surface area contributed by atoms with Crippen molar-refractivity contribution >= 4 is 35.6 Å². The van der Waals surface area contributed by atoms with Crippen LogP contribution in [0, 0.1) is 23.2 Å². The molecule has 1 heterocycles. The second kappa shape index (κ2) is 14.6. The first kappa shape index (κ1) is 39.1. The Morgan fingerprint density at radius 2 is 1.46 bits per heavy atom. The van der Waals surface area contributed by atoms with Gasteiger partial charge in [0.05, 0.1) is 12.8 Å². The van der Waals surface area contributed by atoms with Gasteiger partial charge in [-0.25, -0.2) is 4.79 Å². The number of likely N-dealkylation sites (tertiary alicyclic amines) is 1. The van der Waals surface area contributed by atoms with Gasteiger partial charge in [-0.2, -0.15) is 13.2 Å². The molecule has 48 heavy (non-hydrogen) atoms. The number of halogens is 3. The lowest BCUT2D eigenvalue weighted by Gasteiger charge is -2.37. The fourth-order valence-corrected chi connectivity index (χ4v) is 6.89. The molecule has 1 saturated heterocycles. The summed E-state index contributed by atoms with van der Waals surface area (Å²) in [6.07, 6.45) is -3.92. The van der Waals surface area contributed by atoms with E-state index >= 15 is 0 Å². The number of nitrogens with one attached hydrogen (secondary N) is 3. The van der Waals surface area contributed by atoms with Gasteiger partial charge in [-0.15, -0.1) is 0 Å². The Morgan fingerprint density at radius 1 is 0.875 bits per heavy atom. The molecule has 0 bridgehead atoms. The van der Waals surface area contributed by atoms with Crippen LogP contribution < -0.4 is 16.0 Å². The Balaban J connectivity index is 1.80. The number of ether oxygens (including phenoxy) is 2. The molecule has 3 aliphatic rings. The number of alkyl halides is 3. The maximum Gasteiger partial charge on any atom is 0.408 e. The van der Waals surface area contributed by atoms with Crippen LogP contribution in [-0.2, 0) is 33.4 Å². The molecule has 0 aromatic heterocycles.